The van der Waals surface area contributed by atoms with Crippen molar-refractivity contribution < 1.29 is 0 Å². The lowest BCUT2D eigenvalue weighted by atomic mass is 10.4. The van der Waals surface area contributed by atoms with E-state index in [1.165, 1.54) is 11.3 Å². The van der Waals surface area contributed by atoms with Crippen molar-refractivity contribution in [2.24, 2.45) is 0 Å². The van der Waals surface area contributed by atoms with Gasteiger partial charge in [0.1, 0.15) is 26.3 Å². The highest BCUT2D eigenvalue weighted by atomic mass is 79.9. The van der Waals surface area contributed by atoms with Crippen molar-refractivity contribution in [3.63, 3.8) is 0 Å². The van der Waals surface area contributed by atoms with Crippen LogP contribution in [0.25, 0.3) is 10.2 Å². The molecular weight excluding hydrogens is 384 g/mol. The monoisotopic (exact) mass is 388 g/mol. The lowest BCUT2D eigenvalue weighted by molar-refractivity contribution is 0.639. The van der Waals surface area contributed by atoms with Gasteiger partial charge in [-0.2, -0.15) is 5.10 Å². The molecule has 0 saturated heterocycles. The molecule has 0 aliphatic rings. The van der Waals surface area contributed by atoms with Crippen molar-refractivity contribution in [3.8, 4) is 0 Å². The summed E-state index contributed by atoms with van der Waals surface area (Å²) in [5.41, 5.74) is 0.619. The van der Waals surface area contributed by atoms with E-state index in [-0.39, 0.29) is 5.56 Å². The number of rotatable bonds is 2. The highest BCUT2D eigenvalue weighted by molar-refractivity contribution is 9.11. The minimum absolute atomic E-state index is 0.104. The number of hydrogen-bond acceptors (Lipinski definition) is 4. The van der Waals surface area contributed by atoms with E-state index >= 15 is 0 Å². The summed E-state index contributed by atoms with van der Waals surface area (Å²) in [6, 6.07) is 3.67. The predicted octanol–water partition coefficient (Wildman–Crippen LogP) is 2.75. The summed E-state index contributed by atoms with van der Waals surface area (Å²) in [6.45, 7) is 0.410. The molecule has 0 spiro atoms. The summed E-state index contributed by atoms with van der Waals surface area (Å²) in [5, 5.41) is 6.09. The second-order valence-corrected chi connectivity index (χ2v) is 6.14. The number of nitrogens with zero attached hydrogens (tertiary/aromatic N) is 3. The van der Waals surface area contributed by atoms with Crippen molar-refractivity contribution in [2.75, 3.05) is 0 Å². The largest absolute Gasteiger partial charge is 0.308 e. The van der Waals surface area contributed by atoms with Crippen LogP contribution in [-0.2, 0) is 6.54 Å². The van der Waals surface area contributed by atoms with Gasteiger partial charge >= 0.3 is 0 Å². The number of thiophene rings is 1. The maximum atomic E-state index is 11.8. The summed E-state index contributed by atoms with van der Waals surface area (Å²) in [6.07, 6.45) is 0. The second-order valence-electron chi connectivity index (χ2n) is 3.60. The zero-order chi connectivity index (χ0) is 12.7. The number of aromatic amines is 1. The van der Waals surface area contributed by atoms with Gasteiger partial charge in [-0.05, 0) is 43.3 Å². The molecule has 0 radical (unpaired) electrons. The van der Waals surface area contributed by atoms with Crippen LogP contribution in [0, 0.1) is 0 Å². The van der Waals surface area contributed by atoms with E-state index in [9.17, 15) is 4.79 Å². The average Bonchev–Trinajstić information content (AvgIpc) is 2.86. The molecule has 3 aromatic rings. The van der Waals surface area contributed by atoms with Gasteiger partial charge < -0.3 is 4.98 Å². The van der Waals surface area contributed by atoms with E-state index in [4.69, 9.17) is 0 Å². The average molecular weight is 390 g/mol. The summed E-state index contributed by atoms with van der Waals surface area (Å²) >= 11 is 8.07. The van der Waals surface area contributed by atoms with Crippen LogP contribution in [0.2, 0.25) is 0 Å². The normalized spacial score (nSPS) is 11.2. The third kappa shape index (κ3) is 2.15. The van der Waals surface area contributed by atoms with Gasteiger partial charge in [-0.3, -0.25) is 4.79 Å². The molecule has 0 aliphatic carbocycles. The van der Waals surface area contributed by atoms with Crippen molar-refractivity contribution in [1.82, 2.24) is 19.7 Å². The number of fused-ring (bicyclic) bond motifs is 1. The molecular formula is C10H6Br2N4OS. The number of nitrogens with one attached hydrogen (secondary N) is 1. The van der Waals surface area contributed by atoms with Crippen LogP contribution in [0.5, 0.6) is 0 Å². The van der Waals surface area contributed by atoms with Crippen LogP contribution < -0.4 is 5.56 Å². The molecule has 1 N–H and O–H groups in total. The third-order valence-corrected chi connectivity index (χ3v) is 4.29. The molecule has 18 heavy (non-hydrogen) atoms. The van der Waals surface area contributed by atoms with E-state index in [1.54, 1.807) is 4.68 Å². The van der Waals surface area contributed by atoms with E-state index in [0.29, 0.717) is 17.1 Å². The lowest BCUT2D eigenvalue weighted by Crippen LogP contribution is -2.14. The minimum atomic E-state index is -0.104. The molecule has 92 valence electrons. The smallest absolute Gasteiger partial charge is 0.268 e. The van der Waals surface area contributed by atoms with Gasteiger partial charge in [-0.25, -0.2) is 9.67 Å². The van der Waals surface area contributed by atoms with Gasteiger partial charge in [0.2, 0.25) is 0 Å². The third-order valence-electron chi connectivity index (χ3n) is 2.36. The fourth-order valence-corrected chi connectivity index (χ4v) is 3.48. The quantitative estimate of drug-likeness (QED) is 0.732. The molecule has 0 bridgehead atoms. The molecule has 0 atom stereocenters. The van der Waals surface area contributed by atoms with Crippen LogP contribution in [0.4, 0.5) is 0 Å². The summed E-state index contributed by atoms with van der Waals surface area (Å²) in [5.74, 6) is 0.585. The van der Waals surface area contributed by atoms with Crippen molar-refractivity contribution >= 4 is 53.4 Å². The van der Waals surface area contributed by atoms with Gasteiger partial charge in [0, 0.05) is 6.07 Å². The second kappa shape index (κ2) is 4.60. The van der Waals surface area contributed by atoms with Gasteiger partial charge in [-0.15, -0.1) is 11.3 Å². The van der Waals surface area contributed by atoms with Crippen LogP contribution in [0.1, 0.15) is 5.82 Å². The zero-order valence-corrected chi connectivity index (χ0v) is 12.8. The summed E-state index contributed by atoms with van der Waals surface area (Å²) in [4.78, 5) is 19.0. The van der Waals surface area contributed by atoms with Crippen molar-refractivity contribution in [3.05, 3.63) is 42.9 Å². The van der Waals surface area contributed by atoms with Crippen LogP contribution in [0.3, 0.4) is 0 Å². The molecule has 0 amide bonds. The number of hydrogen-bond donors (Lipinski definition) is 1. The van der Waals surface area contributed by atoms with Crippen LogP contribution >= 0.6 is 43.2 Å². The Kier molecular flexibility index (Phi) is 3.08. The van der Waals surface area contributed by atoms with Crippen LogP contribution in [-0.4, -0.2) is 19.7 Å². The van der Waals surface area contributed by atoms with E-state index < -0.39 is 0 Å². The summed E-state index contributed by atoms with van der Waals surface area (Å²) in [7, 11) is 0. The lowest BCUT2D eigenvalue weighted by Gasteiger charge is -2.02. The first kappa shape index (κ1) is 12.1. The Balaban J connectivity index is 2.05. The van der Waals surface area contributed by atoms with Gasteiger partial charge in [-0.1, -0.05) is 0 Å². The van der Waals surface area contributed by atoms with E-state index in [2.05, 4.69) is 46.9 Å². The molecule has 0 aliphatic heterocycles. The maximum absolute atomic E-state index is 11.8. The Morgan fingerprint density at radius 2 is 2.28 bits per heavy atom. The van der Waals surface area contributed by atoms with Crippen molar-refractivity contribution in [2.45, 2.75) is 6.54 Å². The molecule has 3 aromatic heterocycles. The molecule has 3 rings (SSSR count). The first-order valence-corrected chi connectivity index (χ1v) is 7.45. The van der Waals surface area contributed by atoms with Gasteiger partial charge in [0.25, 0.3) is 5.56 Å². The van der Waals surface area contributed by atoms with E-state index in [0.717, 1.165) is 14.7 Å². The molecule has 0 saturated carbocycles. The summed E-state index contributed by atoms with van der Waals surface area (Å²) < 4.78 is 3.91. The Bertz CT molecular complexity index is 776. The fourth-order valence-electron chi connectivity index (χ4n) is 1.61. The Hall–Kier alpha value is -0.990. The first-order valence-electron chi connectivity index (χ1n) is 4.99. The molecule has 5 nitrogen and oxygen atoms in total. The standard InChI is InChI=1S/C10H6Br2N4OS/c11-6-3-7(12)16(15-6)4-8-13-5-1-2-18-9(5)10(17)14-8/h1-3H,4H2,(H,13,14,17). The number of H-pyrrole nitrogens is 1. The molecule has 3 heterocycles. The number of aromatic nitrogens is 4. The number of halogens is 2. The highest BCUT2D eigenvalue weighted by Crippen LogP contribution is 2.18. The van der Waals surface area contributed by atoms with Crippen LogP contribution in [0.15, 0.2) is 31.5 Å². The molecule has 8 heteroatoms. The highest BCUT2D eigenvalue weighted by Gasteiger charge is 2.08. The Labute approximate surface area is 122 Å². The Morgan fingerprint density at radius 3 is 3.00 bits per heavy atom. The van der Waals surface area contributed by atoms with Crippen molar-refractivity contribution in [1.29, 1.82) is 0 Å². The van der Waals surface area contributed by atoms with Gasteiger partial charge in [0.15, 0.2) is 0 Å². The predicted molar refractivity (Wildman–Crippen MR) is 77.0 cm³/mol. The SMILES string of the molecule is O=c1[nH]c(Cn2nc(Br)cc2Br)nc2ccsc12. The minimum Gasteiger partial charge on any atom is -0.308 e. The van der Waals surface area contributed by atoms with Gasteiger partial charge in [0.05, 0.1) is 5.52 Å². The molecule has 0 unspecified atom stereocenters. The Morgan fingerprint density at radius 1 is 1.44 bits per heavy atom. The first-order chi connectivity index (χ1) is 8.63. The topological polar surface area (TPSA) is 63.6 Å². The maximum Gasteiger partial charge on any atom is 0.268 e. The molecule has 0 aromatic carbocycles. The molecule has 0 fully saturated rings. The fraction of sp³-hybridized carbons (Fsp3) is 0.100. The zero-order valence-electron chi connectivity index (χ0n) is 8.85. The van der Waals surface area contributed by atoms with E-state index in [1.807, 2.05) is 17.5 Å².